The van der Waals surface area contributed by atoms with E-state index in [1.807, 2.05) is 13.8 Å². The van der Waals surface area contributed by atoms with Crippen molar-refractivity contribution < 1.29 is 22.7 Å². The van der Waals surface area contributed by atoms with Crippen molar-refractivity contribution in [2.75, 3.05) is 0 Å². The van der Waals surface area contributed by atoms with E-state index in [1.165, 1.54) is 24.3 Å². The molecule has 0 radical (unpaired) electrons. The third-order valence-corrected chi connectivity index (χ3v) is 4.22. The van der Waals surface area contributed by atoms with Crippen LogP contribution in [-0.2, 0) is 11.0 Å². The zero-order valence-electron chi connectivity index (χ0n) is 11.2. The molecule has 0 aliphatic rings. The predicted molar refractivity (Wildman–Crippen MR) is 72.2 cm³/mol. The van der Waals surface area contributed by atoms with Crippen LogP contribution < -0.4 is 4.74 Å². The first-order valence-corrected chi connectivity index (χ1v) is 6.84. The van der Waals surface area contributed by atoms with Gasteiger partial charge in [0.1, 0.15) is 0 Å². The molecule has 0 spiro atoms. The number of hydrogen-bond acceptors (Lipinski definition) is 3. The predicted octanol–water partition coefficient (Wildman–Crippen LogP) is 4.97. The number of halogens is 3. The van der Waals surface area contributed by atoms with Crippen molar-refractivity contribution in [1.82, 2.24) is 0 Å². The SMILES string of the molecule is CC(=O)Oc1c(C(C)C)sc2ccc(C(F)(F)F)cc12. The van der Waals surface area contributed by atoms with E-state index in [1.54, 1.807) is 0 Å². The maximum Gasteiger partial charge on any atom is 0.416 e. The molecule has 1 aromatic carbocycles. The van der Waals surface area contributed by atoms with Crippen LogP contribution in [0.15, 0.2) is 18.2 Å². The van der Waals surface area contributed by atoms with Gasteiger partial charge in [-0.3, -0.25) is 4.79 Å². The van der Waals surface area contributed by atoms with Gasteiger partial charge in [0.25, 0.3) is 0 Å². The summed E-state index contributed by atoms with van der Waals surface area (Å²) in [4.78, 5) is 11.9. The summed E-state index contributed by atoms with van der Waals surface area (Å²) in [7, 11) is 0. The molecule has 6 heteroatoms. The molecule has 20 heavy (non-hydrogen) atoms. The Morgan fingerprint density at radius 2 is 1.95 bits per heavy atom. The number of ether oxygens (including phenoxy) is 1. The summed E-state index contributed by atoms with van der Waals surface area (Å²) in [6, 6.07) is 3.50. The Morgan fingerprint density at radius 1 is 1.30 bits per heavy atom. The lowest BCUT2D eigenvalue weighted by molar-refractivity contribution is -0.137. The van der Waals surface area contributed by atoms with Crippen molar-refractivity contribution in [2.45, 2.75) is 32.9 Å². The molecular formula is C14H13F3O2S. The van der Waals surface area contributed by atoms with Gasteiger partial charge in [0.15, 0.2) is 5.75 Å². The Kier molecular flexibility index (Phi) is 3.77. The summed E-state index contributed by atoms with van der Waals surface area (Å²) in [5.41, 5.74) is -0.744. The van der Waals surface area contributed by atoms with E-state index in [-0.39, 0.29) is 11.7 Å². The van der Waals surface area contributed by atoms with Crippen molar-refractivity contribution in [1.29, 1.82) is 0 Å². The summed E-state index contributed by atoms with van der Waals surface area (Å²) in [6.45, 7) is 5.05. The lowest BCUT2D eigenvalue weighted by Crippen LogP contribution is -2.05. The van der Waals surface area contributed by atoms with Crippen LogP contribution in [0.5, 0.6) is 5.75 Å². The van der Waals surface area contributed by atoms with Gasteiger partial charge in [0.2, 0.25) is 0 Å². The minimum Gasteiger partial charge on any atom is -0.425 e. The van der Waals surface area contributed by atoms with Crippen LogP contribution in [0.25, 0.3) is 10.1 Å². The van der Waals surface area contributed by atoms with Gasteiger partial charge in [0, 0.05) is 17.0 Å². The van der Waals surface area contributed by atoms with Gasteiger partial charge in [-0.05, 0) is 24.1 Å². The molecule has 108 valence electrons. The van der Waals surface area contributed by atoms with Gasteiger partial charge in [-0.2, -0.15) is 13.2 Å². The van der Waals surface area contributed by atoms with Crippen LogP contribution in [0.1, 0.15) is 37.1 Å². The van der Waals surface area contributed by atoms with Crippen LogP contribution in [-0.4, -0.2) is 5.97 Å². The number of fused-ring (bicyclic) bond motifs is 1. The normalized spacial score (nSPS) is 12.2. The van der Waals surface area contributed by atoms with Crippen LogP contribution in [0, 0.1) is 0 Å². The molecule has 1 heterocycles. The second-order valence-electron chi connectivity index (χ2n) is 4.75. The first-order chi connectivity index (χ1) is 9.20. The van der Waals surface area contributed by atoms with E-state index in [2.05, 4.69) is 0 Å². The van der Waals surface area contributed by atoms with Crippen molar-refractivity contribution in [3.05, 3.63) is 28.6 Å². The zero-order valence-corrected chi connectivity index (χ0v) is 12.0. The highest BCUT2D eigenvalue weighted by Gasteiger charge is 2.31. The number of carbonyl (C=O) groups excluding carboxylic acids is 1. The van der Waals surface area contributed by atoms with Gasteiger partial charge < -0.3 is 4.74 Å². The third kappa shape index (κ3) is 2.80. The minimum atomic E-state index is -4.42. The molecule has 2 aromatic rings. The molecule has 0 aliphatic heterocycles. The number of thiophene rings is 1. The molecule has 2 rings (SSSR count). The molecule has 2 nitrogen and oxygen atoms in total. The van der Waals surface area contributed by atoms with Crippen molar-refractivity contribution in [3.8, 4) is 5.75 Å². The summed E-state index contributed by atoms with van der Waals surface area (Å²) < 4.78 is 44.1. The topological polar surface area (TPSA) is 26.3 Å². The van der Waals surface area contributed by atoms with Gasteiger partial charge >= 0.3 is 12.1 Å². The fraction of sp³-hybridized carbons (Fsp3) is 0.357. The summed E-state index contributed by atoms with van der Waals surface area (Å²) in [5.74, 6) is -0.223. The average molecular weight is 302 g/mol. The first-order valence-electron chi connectivity index (χ1n) is 6.02. The summed E-state index contributed by atoms with van der Waals surface area (Å²) >= 11 is 1.35. The average Bonchev–Trinajstić information content (AvgIpc) is 2.65. The second kappa shape index (κ2) is 5.09. The number of carbonyl (C=O) groups is 1. The van der Waals surface area contributed by atoms with E-state index in [9.17, 15) is 18.0 Å². The lowest BCUT2D eigenvalue weighted by Gasteiger charge is -2.08. The molecule has 0 atom stereocenters. The quantitative estimate of drug-likeness (QED) is 0.732. The monoisotopic (exact) mass is 302 g/mol. The molecule has 0 N–H and O–H groups in total. The highest BCUT2D eigenvalue weighted by molar-refractivity contribution is 7.19. The highest BCUT2D eigenvalue weighted by atomic mass is 32.1. The molecule has 0 aliphatic carbocycles. The fourth-order valence-electron chi connectivity index (χ4n) is 1.90. The molecule has 0 bridgehead atoms. The molecular weight excluding hydrogens is 289 g/mol. The zero-order chi connectivity index (χ0) is 15.1. The Balaban J connectivity index is 2.68. The first kappa shape index (κ1) is 14.8. The van der Waals surface area contributed by atoms with E-state index in [4.69, 9.17) is 4.74 Å². The fourth-order valence-corrected chi connectivity index (χ4v) is 3.01. The molecule has 0 amide bonds. The summed E-state index contributed by atoms with van der Waals surface area (Å²) in [6.07, 6.45) is -4.42. The molecule has 0 unspecified atom stereocenters. The number of rotatable bonds is 2. The number of esters is 1. The Bertz CT molecular complexity index is 656. The van der Waals surface area contributed by atoms with Gasteiger partial charge in [-0.25, -0.2) is 0 Å². The highest BCUT2D eigenvalue weighted by Crippen LogP contribution is 2.44. The second-order valence-corrected chi connectivity index (χ2v) is 5.84. The smallest absolute Gasteiger partial charge is 0.416 e. The van der Waals surface area contributed by atoms with Crippen LogP contribution in [0.3, 0.4) is 0 Å². The summed E-state index contributed by atoms with van der Waals surface area (Å²) in [5, 5.41) is 0.337. The maximum atomic E-state index is 12.8. The van der Waals surface area contributed by atoms with Crippen LogP contribution in [0.4, 0.5) is 13.2 Å². The molecule has 1 aromatic heterocycles. The number of hydrogen-bond donors (Lipinski definition) is 0. The lowest BCUT2D eigenvalue weighted by atomic mass is 10.1. The Morgan fingerprint density at radius 3 is 2.45 bits per heavy atom. The maximum absolute atomic E-state index is 12.8. The van der Waals surface area contributed by atoms with E-state index >= 15 is 0 Å². The van der Waals surface area contributed by atoms with Crippen LogP contribution in [0.2, 0.25) is 0 Å². The Hall–Kier alpha value is -1.56. The standard InChI is InChI=1S/C14H13F3O2S/c1-7(2)13-12(19-8(3)18)10-6-9(14(15,16)17)4-5-11(10)20-13/h4-7H,1-3H3. The van der Waals surface area contributed by atoms with Crippen molar-refractivity contribution in [3.63, 3.8) is 0 Å². The van der Waals surface area contributed by atoms with E-state index in [0.29, 0.717) is 10.1 Å². The van der Waals surface area contributed by atoms with E-state index in [0.717, 1.165) is 17.0 Å². The Labute approximate surface area is 118 Å². The van der Waals surface area contributed by atoms with Gasteiger partial charge in [-0.1, -0.05) is 13.8 Å². The van der Waals surface area contributed by atoms with Crippen LogP contribution >= 0.6 is 11.3 Å². The largest absolute Gasteiger partial charge is 0.425 e. The van der Waals surface area contributed by atoms with Gasteiger partial charge in [0.05, 0.1) is 10.4 Å². The molecule has 0 fully saturated rings. The number of alkyl halides is 3. The van der Waals surface area contributed by atoms with Crippen molar-refractivity contribution in [2.24, 2.45) is 0 Å². The van der Waals surface area contributed by atoms with E-state index < -0.39 is 17.7 Å². The molecule has 0 saturated heterocycles. The third-order valence-electron chi connectivity index (χ3n) is 2.77. The van der Waals surface area contributed by atoms with Crippen molar-refractivity contribution >= 4 is 27.4 Å². The molecule has 0 saturated carbocycles. The number of benzene rings is 1. The van der Waals surface area contributed by atoms with Gasteiger partial charge in [-0.15, -0.1) is 11.3 Å². The minimum absolute atomic E-state index is 0.0658.